The van der Waals surface area contributed by atoms with Crippen LogP contribution in [0.25, 0.3) is 0 Å². The Morgan fingerprint density at radius 2 is 1.89 bits per heavy atom. The van der Waals surface area contributed by atoms with Gasteiger partial charge in [-0.15, -0.1) is 0 Å². The van der Waals surface area contributed by atoms with Crippen molar-refractivity contribution in [2.24, 2.45) is 0 Å². The fourth-order valence-electron chi connectivity index (χ4n) is 2.08. The predicted octanol–water partition coefficient (Wildman–Crippen LogP) is 2.52. The molecule has 18 heavy (non-hydrogen) atoms. The molecule has 0 bridgehead atoms. The largest absolute Gasteiger partial charge is 0.396 e. The molecule has 1 aromatic rings. The summed E-state index contributed by atoms with van der Waals surface area (Å²) in [6.45, 7) is 1.66. The van der Waals surface area contributed by atoms with Crippen LogP contribution < -0.4 is 0 Å². The topological polar surface area (TPSA) is 42.0 Å². The molecule has 100 valence electrons. The normalized spacial score (nSPS) is 22.1. The first-order valence-corrected chi connectivity index (χ1v) is 6.78. The molecule has 2 rings (SSSR count). The molecule has 3 nitrogen and oxygen atoms in total. The van der Waals surface area contributed by atoms with E-state index in [1.165, 1.54) is 5.56 Å². The average molecular weight is 250 g/mol. The van der Waals surface area contributed by atoms with Crippen molar-refractivity contribution in [1.29, 1.82) is 0 Å². The molecule has 0 aliphatic carbocycles. The zero-order valence-corrected chi connectivity index (χ0v) is 10.8. The van der Waals surface area contributed by atoms with Crippen LogP contribution in [0.5, 0.6) is 0 Å². The Bertz CT molecular complexity index is 326. The lowest BCUT2D eigenvalue weighted by atomic mass is 10.1. The molecule has 0 radical (unpaired) electrons. The quantitative estimate of drug-likeness (QED) is 0.541. The molecule has 1 saturated heterocycles. The second-order valence-corrected chi connectivity index (χ2v) is 4.79. The molecule has 0 amide bonds. The van der Waals surface area contributed by atoms with Crippen LogP contribution in [0.3, 0.4) is 0 Å². The molecule has 1 fully saturated rings. The van der Waals surface area contributed by atoms with Crippen molar-refractivity contribution < 1.29 is 14.6 Å². The summed E-state index contributed by atoms with van der Waals surface area (Å²) < 4.78 is 11.2. The zero-order chi connectivity index (χ0) is 12.6. The second kappa shape index (κ2) is 7.52. The van der Waals surface area contributed by atoms with E-state index in [2.05, 4.69) is 12.1 Å². The number of hydrogen-bond acceptors (Lipinski definition) is 3. The van der Waals surface area contributed by atoms with E-state index in [0.29, 0.717) is 32.0 Å². The van der Waals surface area contributed by atoms with E-state index < -0.39 is 0 Å². The Morgan fingerprint density at radius 3 is 2.67 bits per heavy atom. The Hall–Kier alpha value is -0.900. The monoisotopic (exact) mass is 250 g/mol. The summed E-state index contributed by atoms with van der Waals surface area (Å²) in [5.41, 5.74) is 1.21. The van der Waals surface area contributed by atoms with E-state index in [-0.39, 0.29) is 0 Å². The number of unbranched alkanes of at least 4 members (excludes halogenated alkanes) is 2. The third-order valence-corrected chi connectivity index (χ3v) is 3.23. The minimum atomic E-state index is 0.294. The second-order valence-electron chi connectivity index (χ2n) is 4.79. The first-order chi connectivity index (χ1) is 8.90. The first-order valence-electron chi connectivity index (χ1n) is 6.78. The predicted molar refractivity (Wildman–Crippen MR) is 70.3 cm³/mol. The van der Waals surface area contributed by atoms with Gasteiger partial charge in [-0.2, -0.15) is 0 Å². The van der Waals surface area contributed by atoms with Crippen LogP contribution in [0.4, 0.5) is 0 Å². The van der Waals surface area contributed by atoms with E-state index in [1.54, 1.807) is 0 Å². The van der Waals surface area contributed by atoms with Crippen LogP contribution in [0.15, 0.2) is 30.3 Å². The third-order valence-electron chi connectivity index (χ3n) is 3.23. The summed E-state index contributed by atoms with van der Waals surface area (Å²) in [7, 11) is 0. The van der Waals surface area contributed by atoms with Gasteiger partial charge in [-0.3, -0.25) is 0 Å². The van der Waals surface area contributed by atoms with E-state index >= 15 is 0 Å². The van der Waals surface area contributed by atoms with Crippen molar-refractivity contribution in [2.75, 3.05) is 13.2 Å². The molecule has 3 heteroatoms. The van der Waals surface area contributed by atoms with Gasteiger partial charge < -0.3 is 14.6 Å². The molecule has 1 aliphatic rings. The maximum absolute atomic E-state index is 8.67. The third kappa shape index (κ3) is 4.77. The maximum atomic E-state index is 8.67. The lowest BCUT2D eigenvalue weighted by Gasteiger charge is -2.02. The molecular weight excluding hydrogens is 228 g/mol. The van der Waals surface area contributed by atoms with Crippen molar-refractivity contribution in [3.05, 3.63) is 35.9 Å². The number of aliphatic hydroxyl groups excluding tert-OH is 1. The molecule has 2 atom stereocenters. The van der Waals surface area contributed by atoms with Gasteiger partial charge in [0.1, 0.15) is 6.10 Å². The Morgan fingerprint density at radius 1 is 1.06 bits per heavy atom. The van der Waals surface area contributed by atoms with E-state index in [0.717, 1.165) is 25.7 Å². The number of hydrogen-bond donors (Lipinski definition) is 1. The smallest absolute Gasteiger partial charge is 0.107 e. The molecule has 0 unspecified atom stereocenters. The number of aliphatic hydroxyl groups is 1. The number of benzene rings is 1. The Kier molecular flexibility index (Phi) is 5.65. The summed E-state index contributed by atoms with van der Waals surface area (Å²) in [4.78, 5) is 0. The van der Waals surface area contributed by atoms with Gasteiger partial charge in [0.2, 0.25) is 0 Å². The molecule has 0 aromatic heterocycles. The standard InChI is InChI=1S/C15H22O3/c16-10-6-2-5-9-14-15(18-14)12-17-11-13-7-3-1-4-8-13/h1,3-4,7-8,14-16H,2,5-6,9-12H2/t14-,15+/m0/s1. The summed E-state index contributed by atoms with van der Waals surface area (Å²) >= 11 is 0. The lowest BCUT2D eigenvalue weighted by molar-refractivity contribution is 0.104. The summed E-state index contributed by atoms with van der Waals surface area (Å²) in [6.07, 6.45) is 4.91. The molecule has 0 saturated carbocycles. The average Bonchev–Trinajstić information content (AvgIpc) is 3.15. The zero-order valence-electron chi connectivity index (χ0n) is 10.8. The Balaban J connectivity index is 1.49. The van der Waals surface area contributed by atoms with Crippen molar-refractivity contribution >= 4 is 0 Å². The minimum absolute atomic E-state index is 0.294. The highest BCUT2D eigenvalue weighted by molar-refractivity contribution is 5.13. The summed E-state index contributed by atoms with van der Waals surface area (Å²) in [6, 6.07) is 10.2. The minimum Gasteiger partial charge on any atom is -0.396 e. The lowest BCUT2D eigenvalue weighted by Crippen LogP contribution is -2.05. The van der Waals surface area contributed by atoms with E-state index in [1.807, 2.05) is 18.2 Å². The summed E-state index contributed by atoms with van der Waals surface area (Å²) in [5.74, 6) is 0. The highest BCUT2D eigenvalue weighted by Crippen LogP contribution is 2.27. The van der Waals surface area contributed by atoms with Gasteiger partial charge in [-0.05, 0) is 18.4 Å². The maximum Gasteiger partial charge on any atom is 0.107 e. The highest BCUT2D eigenvalue weighted by Gasteiger charge is 2.37. The van der Waals surface area contributed by atoms with Crippen LogP contribution in [-0.4, -0.2) is 30.5 Å². The molecule has 1 aromatic carbocycles. The van der Waals surface area contributed by atoms with Gasteiger partial charge in [0.15, 0.2) is 0 Å². The molecule has 1 heterocycles. The first kappa shape index (κ1) is 13.5. The van der Waals surface area contributed by atoms with Gasteiger partial charge in [-0.1, -0.05) is 43.2 Å². The van der Waals surface area contributed by atoms with Crippen LogP contribution >= 0.6 is 0 Å². The van der Waals surface area contributed by atoms with Crippen LogP contribution in [0, 0.1) is 0 Å². The van der Waals surface area contributed by atoms with Crippen molar-refractivity contribution in [3.8, 4) is 0 Å². The molecule has 0 spiro atoms. The number of ether oxygens (including phenoxy) is 2. The molecule has 1 N–H and O–H groups in total. The van der Waals surface area contributed by atoms with E-state index in [4.69, 9.17) is 14.6 Å². The fraction of sp³-hybridized carbons (Fsp3) is 0.600. The number of epoxide rings is 1. The molecular formula is C15H22O3. The van der Waals surface area contributed by atoms with Crippen molar-refractivity contribution in [1.82, 2.24) is 0 Å². The van der Waals surface area contributed by atoms with Crippen molar-refractivity contribution in [2.45, 2.75) is 44.5 Å². The van der Waals surface area contributed by atoms with Gasteiger partial charge in [0.05, 0.1) is 19.3 Å². The highest BCUT2D eigenvalue weighted by atomic mass is 16.6. The SMILES string of the molecule is OCCCCC[C@@H]1O[C@@H]1COCc1ccccc1. The van der Waals surface area contributed by atoms with Crippen LogP contribution in [0.2, 0.25) is 0 Å². The summed E-state index contributed by atoms with van der Waals surface area (Å²) in [5, 5.41) is 8.67. The van der Waals surface area contributed by atoms with Gasteiger partial charge in [0.25, 0.3) is 0 Å². The van der Waals surface area contributed by atoms with E-state index in [9.17, 15) is 0 Å². The van der Waals surface area contributed by atoms with Crippen LogP contribution in [0.1, 0.15) is 31.2 Å². The van der Waals surface area contributed by atoms with Gasteiger partial charge >= 0.3 is 0 Å². The van der Waals surface area contributed by atoms with Crippen molar-refractivity contribution in [3.63, 3.8) is 0 Å². The van der Waals surface area contributed by atoms with Gasteiger partial charge in [0, 0.05) is 6.61 Å². The Labute approximate surface area is 109 Å². The molecule has 1 aliphatic heterocycles. The number of rotatable bonds is 9. The van der Waals surface area contributed by atoms with Crippen LogP contribution in [-0.2, 0) is 16.1 Å². The van der Waals surface area contributed by atoms with Gasteiger partial charge in [-0.25, -0.2) is 0 Å². The fourth-order valence-corrected chi connectivity index (χ4v) is 2.08.